The summed E-state index contributed by atoms with van der Waals surface area (Å²) in [7, 11) is 0. The van der Waals surface area contributed by atoms with Crippen LogP contribution in [0.1, 0.15) is 28.8 Å². The summed E-state index contributed by atoms with van der Waals surface area (Å²) >= 11 is 3.33. The van der Waals surface area contributed by atoms with Gasteiger partial charge in [0.05, 0.1) is 6.54 Å². The fourth-order valence-electron chi connectivity index (χ4n) is 3.54. The van der Waals surface area contributed by atoms with Gasteiger partial charge in [-0.05, 0) is 64.7 Å². The molecule has 0 aliphatic carbocycles. The lowest BCUT2D eigenvalue weighted by molar-refractivity contribution is -0.121. The molecule has 154 valence electrons. The van der Waals surface area contributed by atoms with Crippen molar-refractivity contribution in [2.75, 3.05) is 18.4 Å². The lowest BCUT2D eigenvalue weighted by Gasteiger charge is -2.31. The summed E-state index contributed by atoms with van der Waals surface area (Å²) < 4.78 is 2.71. The SMILES string of the molecule is O=C(Nc1ccc(Br)cn1)C1CCN(C(=O)c2ccc(Cn3cccn3)cc2)CC1. The maximum atomic E-state index is 12.8. The number of anilines is 1. The number of nitrogens with zero attached hydrogens (tertiary/aromatic N) is 4. The molecule has 8 heteroatoms. The molecule has 1 aromatic carbocycles. The second kappa shape index (κ2) is 9.21. The van der Waals surface area contributed by atoms with Crippen molar-refractivity contribution < 1.29 is 9.59 Å². The zero-order chi connectivity index (χ0) is 20.9. The van der Waals surface area contributed by atoms with Crippen molar-refractivity contribution in [2.45, 2.75) is 19.4 Å². The molecule has 0 radical (unpaired) electrons. The van der Waals surface area contributed by atoms with E-state index in [-0.39, 0.29) is 17.7 Å². The predicted octanol–water partition coefficient (Wildman–Crippen LogP) is 3.58. The second-order valence-electron chi connectivity index (χ2n) is 7.32. The van der Waals surface area contributed by atoms with Crippen molar-refractivity contribution >= 4 is 33.6 Å². The summed E-state index contributed by atoms with van der Waals surface area (Å²) in [5.41, 5.74) is 1.76. The lowest BCUT2D eigenvalue weighted by Crippen LogP contribution is -2.41. The summed E-state index contributed by atoms with van der Waals surface area (Å²) in [6.45, 7) is 1.81. The van der Waals surface area contributed by atoms with Gasteiger partial charge < -0.3 is 10.2 Å². The Morgan fingerprint density at radius 1 is 1.10 bits per heavy atom. The first kappa shape index (κ1) is 20.3. The molecule has 1 aliphatic rings. The molecule has 1 saturated heterocycles. The first-order valence-corrected chi connectivity index (χ1v) is 10.7. The van der Waals surface area contributed by atoms with Crippen molar-refractivity contribution in [3.05, 3.63) is 76.7 Å². The summed E-state index contributed by atoms with van der Waals surface area (Å²) in [6.07, 6.45) is 6.59. The zero-order valence-electron chi connectivity index (χ0n) is 16.4. The van der Waals surface area contributed by atoms with Gasteiger partial charge in [0, 0.05) is 47.6 Å². The van der Waals surface area contributed by atoms with Crippen LogP contribution in [0.5, 0.6) is 0 Å². The van der Waals surface area contributed by atoms with Crippen LogP contribution in [0.2, 0.25) is 0 Å². The Morgan fingerprint density at radius 2 is 1.87 bits per heavy atom. The maximum absolute atomic E-state index is 12.8. The molecule has 0 atom stereocenters. The van der Waals surface area contributed by atoms with E-state index in [1.165, 1.54) is 0 Å². The summed E-state index contributed by atoms with van der Waals surface area (Å²) in [5.74, 6) is 0.391. The number of amides is 2. The molecule has 3 heterocycles. The van der Waals surface area contributed by atoms with E-state index in [0.717, 1.165) is 10.0 Å². The molecule has 0 unspecified atom stereocenters. The highest BCUT2D eigenvalue weighted by Gasteiger charge is 2.28. The number of pyridine rings is 1. The number of carbonyl (C=O) groups excluding carboxylic acids is 2. The van der Waals surface area contributed by atoms with Gasteiger partial charge in [-0.3, -0.25) is 14.3 Å². The molecular weight excluding hydrogens is 446 g/mol. The fraction of sp³-hybridized carbons (Fsp3) is 0.273. The van der Waals surface area contributed by atoms with Crippen LogP contribution in [0.15, 0.2) is 65.5 Å². The monoisotopic (exact) mass is 467 g/mol. The van der Waals surface area contributed by atoms with Gasteiger partial charge in [-0.25, -0.2) is 4.98 Å². The number of likely N-dealkylation sites (tertiary alicyclic amines) is 1. The van der Waals surface area contributed by atoms with Gasteiger partial charge in [-0.15, -0.1) is 0 Å². The highest BCUT2D eigenvalue weighted by molar-refractivity contribution is 9.10. The van der Waals surface area contributed by atoms with E-state index >= 15 is 0 Å². The van der Waals surface area contributed by atoms with Crippen molar-refractivity contribution in [3.63, 3.8) is 0 Å². The average molecular weight is 468 g/mol. The van der Waals surface area contributed by atoms with Crippen molar-refractivity contribution in [3.8, 4) is 0 Å². The first-order valence-electron chi connectivity index (χ1n) is 9.86. The number of benzene rings is 1. The van der Waals surface area contributed by atoms with Gasteiger partial charge in [0.2, 0.25) is 5.91 Å². The number of rotatable bonds is 5. The normalized spacial score (nSPS) is 14.5. The van der Waals surface area contributed by atoms with Gasteiger partial charge in [-0.2, -0.15) is 5.10 Å². The largest absolute Gasteiger partial charge is 0.339 e. The van der Waals surface area contributed by atoms with Crippen molar-refractivity contribution in [1.82, 2.24) is 19.7 Å². The van der Waals surface area contributed by atoms with Crippen molar-refractivity contribution in [1.29, 1.82) is 0 Å². The molecule has 30 heavy (non-hydrogen) atoms. The topological polar surface area (TPSA) is 80.1 Å². The van der Waals surface area contributed by atoms with E-state index in [9.17, 15) is 9.59 Å². The van der Waals surface area contributed by atoms with Crippen LogP contribution in [0.3, 0.4) is 0 Å². The fourth-order valence-corrected chi connectivity index (χ4v) is 3.77. The van der Waals surface area contributed by atoms with E-state index in [0.29, 0.717) is 43.9 Å². The first-order chi connectivity index (χ1) is 14.6. The highest BCUT2D eigenvalue weighted by Crippen LogP contribution is 2.21. The second-order valence-corrected chi connectivity index (χ2v) is 8.23. The van der Waals surface area contributed by atoms with Crippen molar-refractivity contribution in [2.24, 2.45) is 5.92 Å². The van der Waals surface area contributed by atoms with Gasteiger partial charge in [-0.1, -0.05) is 12.1 Å². The molecule has 0 spiro atoms. The van der Waals surface area contributed by atoms with Crippen LogP contribution in [-0.2, 0) is 11.3 Å². The number of aromatic nitrogens is 3. The lowest BCUT2D eigenvalue weighted by atomic mass is 9.95. The Balaban J connectivity index is 1.29. The number of hydrogen-bond acceptors (Lipinski definition) is 4. The summed E-state index contributed by atoms with van der Waals surface area (Å²) in [4.78, 5) is 31.3. The molecule has 1 fully saturated rings. The Kier molecular flexibility index (Phi) is 6.23. The minimum absolute atomic E-state index is 0.00840. The van der Waals surface area contributed by atoms with Crippen LogP contribution >= 0.6 is 15.9 Å². The van der Waals surface area contributed by atoms with Crippen LogP contribution < -0.4 is 5.32 Å². The third kappa shape index (κ3) is 4.94. The molecule has 2 amide bonds. The maximum Gasteiger partial charge on any atom is 0.253 e. The Bertz CT molecular complexity index is 995. The van der Waals surface area contributed by atoms with E-state index in [1.54, 1.807) is 18.5 Å². The molecule has 3 aromatic rings. The van der Waals surface area contributed by atoms with Crippen LogP contribution in [0.25, 0.3) is 0 Å². The number of nitrogens with one attached hydrogen (secondary N) is 1. The summed E-state index contributed by atoms with van der Waals surface area (Å²) in [5, 5.41) is 7.05. The number of hydrogen-bond donors (Lipinski definition) is 1. The average Bonchev–Trinajstić information content (AvgIpc) is 3.28. The number of carbonyl (C=O) groups is 2. The number of halogens is 1. The molecule has 4 rings (SSSR count). The minimum atomic E-state index is -0.115. The zero-order valence-corrected chi connectivity index (χ0v) is 18.0. The van der Waals surface area contributed by atoms with E-state index in [1.807, 2.05) is 52.2 Å². The molecule has 2 aromatic heterocycles. The molecule has 1 aliphatic heterocycles. The van der Waals surface area contributed by atoms with E-state index < -0.39 is 0 Å². The highest BCUT2D eigenvalue weighted by atomic mass is 79.9. The molecule has 7 nitrogen and oxygen atoms in total. The third-order valence-electron chi connectivity index (χ3n) is 5.24. The Hall–Kier alpha value is -3.00. The van der Waals surface area contributed by atoms with Crippen LogP contribution in [0.4, 0.5) is 5.82 Å². The van der Waals surface area contributed by atoms with Crippen LogP contribution in [-0.4, -0.2) is 44.6 Å². The smallest absolute Gasteiger partial charge is 0.253 e. The predicted molar refractivity (Wildman–Crippen MR) is 117 cm³/mol. The molecule has 0 bridgehead atoms. The van der Waals surface area contributed by atoms with Gasteiger partial charge in [0.25, 0.3) is 5.91 Å². The minimum Gasteiger partial charge on any atom is -0.339 e. The standard InChI is InChI=1S/C22H22BrN5O2/c23-19-6-7-20(24-14-19)26-21(29)17-8-12-27(13-9-17)22(30)18-4-2-16(3-5-18)15-28-11-1-10-25-28/h1-7,10-11,14,17H,8-9,12-13,15H2,(H,24,26,29). The van der Waals surface area contributed by atoms with E-state index in [2.05, 4.69) is 31.3 Å². The summed E-state index contributed by atoms with van der Waals surface area (Å²) in [6, 6.07) is 13.1. The van der Waals surface area contributed by atoms with E-state index in [4.69, 9.17) is 0 Å². The van der Waals surface area contributed by atoms with Crippen LogP contribution in [0, 0.1) is 5.92 Å². The third-order valence-corrected chi connectivity index (χ3v) is 5.71. The quantitative estimate of drug-likeness (QED) is 0.621. The Morgan fingerprint density at radius 3 is 2.50 bits per heavy atom. The molecule has 0 saturated carbocycles. The molecule has 1 N–H and O–H groups in total. The number of piperidine rings is 1. The molecular formula is C22H22BrN5O2. The Labute approximate surface area is 183 Å². The van der Waals surface area contributed by atoms with Gasteiger partial charge in [0.1, 0.15) is 5.82 Å². The van der Waals surface area contributed by atoms with Gasteiger partial charge >= 0.3 is 0 Å². The van der Waals surface area contributed by atoms with Gasteiger partial charge in [0.15, 0.2) is 0 Å².